The Morgan fingerprint density at radius 1 is 1.33 bits per heavy atom. The highest BCUT2D eigenvalue weighted by Crippen LogP contribution is 2.27. The topological polar surface area (TPSA) is 72.4 Å². The summed E-state index contributed by atoms with van der Waals surface area (Å²) < 4.78 is 7.19. The lowest BCUT2D eigenvalue weighted by atomic mass is 10.1. The minimum absolute atomic E-state index is 0.109. The number of benzene rings is 1. The number of aromatic nitrogens is 1. The summed E-state index contributed by atoms with van der Waals surface area (Å²) in [6.45, 7) is 3.84. The van der Waals surface area contributed by atoms with Crippen LogP contribution in [-0.2, 0) is 6.54 Å². The first-order chi connectivity index (χ1) is 9.99. The molecule has 0 aliphatic carbocycles. The van der Waals surface area contributed by atoms with Crippen LogP contribution in [0.1, 0.15) is 26.7 Å². The zero-order valence-corrected chi connectivity index (χ0v) is 12.4. The monoisotopic (exact) mass is 303 g/mol. The third kappa shape index (κ3) is 2.17. The minimum Gasteiger partial charge on any atom is -0.478 e. The average Bonchev–Trinajstić information content (AvgIpc) is 2.91. The Labute approximate surface area is 124 Å². The summed E-state index contributed by atoms with van der Waals surface area (Å²) in [5.41, 5.74) is 1.48. The van der Waals surface area contributed by atoms with Gasteiger partial charge in [0.15, 0.2) is 0 Å². The molecular weight excluding hydrogens is 290 g/mol. The molecule has 108 valence electrons. The van der Waals surface area contributed by atoms with Crippen LogP contribution < -0.4 is 4.87 Å². The Hall–Kier alpha value is -2.34. The summed E-state index contributed by atoms with van der Waals surface area (Å²) in [5.74, 6) is -0.751. The molecule has 0 spiro atoms. The minimum atomic E-state index is -1.05. The van der Waals surface area contributed by atoms with Gasteiger partial charge in [-0.2, -0.15) is 0 Å². The summed E-state index contributed by atoms with van der Waals surface area (Å²) in [6, 6.07) is 6.98. The van der Waals surface area contributed by atoms with Crippen molar-refractivity contribution in [1.29, 1.82) is 0 Å². The molecule has 3 aromatic rings. The van der Waals surface area contributed by atoms with E-state index in [1.54, 1.807) is 28.8 Å². The molecule has 0 atom stereocenters. The number of fused-ring (bicyclic) bond motifs is 1. The van der Waals surface area contributed by atoms with Crippen LogP contribution in [0.4, 0.5) is 0 Å². The average molecular weight is 303 g/mol. The number of rotatable bonds is 3. The lowest BCUT2D eigenvalue weighted by Crippen LogP contribution is -2.16. The molecule has 0 fully saturated rings. The van der Waals surface area contributed by atoms with E-state index in [0.717, 1.165) is 21.9 Å². The van der Waals surface area contributed by atoms with Crippen LogP contribution in [0, 0.1) is 13.8 Å². The smallest absolute Gasteiger partial charge is 0.339 e. The standard InChI is InChI=1S/C15H13NO4S/c1-8-9(2)21-15(19)16(8)7-12-13(14(17)18)10-5-3-4-6-11(10)20-12/h3-6H,7H2,1-2H3,(H,17,18). The highest BCUT2D eigenvalue weighted by molar-refractivity contribution is 7.09. The Balaban J connectivity index is 2.19. The Morgan fingerprint density at radius 2 is 2.05 bits per heavy atom. The second-order valence-electron chi connectivity index (χ2n) is 4.80. The van der Waals surface area contributed by atoms with Gasteiger partial charge in [-0.05, 0) is 19.9 Å². The molecule has 21 heavy (non-hydrogen) atoms. The van der Waals surface area contributed by atoms with Gasteiger partial charge in [-0.1, -0.05) is 29.5 Å². The summed E-state index contributed by atoms with van der Waals surface area (Å²) in [5, 5.41) is 9.98. The molecule has 6 heteroatoms. The fourth-order valence-electron chi connectivity index (χ4n) is 2.36. The second kappa shape index (κ2) is 4.89. The van der Waals surface area contributed by atoms with Crippen LogP contribution in [0.5, 0.6) is 0 Å². The Kier molecular flexibility index (Phi) is 3.17. The summed E-state index contributed by atoms with van der Waals surface area (Å²) >= 11 is 1.15. The van der Waals surface area contributed by atoms with Crippen molar-refractivity contribution < 1.29 is 14.3 Å². The van der Waals surface area contributed by atoms with Crippen molar-refractivity contribution in [2.45, 2.75) is 20.4 Å². The van der Waals surface area contributed by atoms with Crippen LogP contribution in [0.25, 0.3) is 11.0 Å². The van der Waals surface area contributed by atoms with Crippen molar-refractivity contribution in [3.05, 3.63) is 55.8 Å². The zero-order chi connectivity index (χ0) is 15.1. The van der Waals surface area contributed by atoms with E-state index >= 15 is 0 Å². The van der Waals surface area contributed by atoms with Crippen LogP contribution in [0.15, 0.2) is 33.5 Å². The number of carbonyl (C=O) groups is 1. The largest absolute Gasteiger partial charge is 0.478 e. The predicted molar refractivity (Wildman–Crippen MR) is 80.3 cm³/mol. The van der Waals surface area contributed by atoms with Gasteiger partial charge in [-0.25, -0.2) is 4.79 Å². The number of hydrogen-bond acceptors (Lipinski definition) is 4. The summed E-state index contributed by atoms with van der Waals surface area (Å²) in [6.07, 6.45) is 0. The molecule has 0 amide bonds. The molecule has 1 aromatic carbocycles. The molecule has 5 nitrogen and oxygen atoms in total. The van der Waals surface area contributed by atoms with E-state index in [-0.39, 0.29) is 17.0 Å². The molecule has 0 bridgehead atoms. The Morgan fingerprint density at radius 3 is 2.67 bits per heavy atom. The zero-order valence-electron chi connectivity index (χ0n) is 11.5. The molecule has 2 aromatic heterocycles. The van der Waals surface area contributed by atoms with Gasteiger partial charge in [0.05, 0.1) is 6.54 Å². The lowest BCUT2D eigenvalue weighted by molar-refractivity contribution is 0.0696. The number of aryl methyl sites for hydroxylation is 1. The first-order valence-corrected chi connectivity index (χ1v) is 7.21. The predicted octanol–water partition coefficient (Wildman–Crippen LogP) is 3.02. The Bertz CT molecular complexity index is 900. The van der Waals surface area contributed by atoms with Gasteiger partial charge in [0.2, 0.25) is 0 Å². The SMILES string of the molecule is Cc1sc(=O)n(Cc2oc3ccccc3c2C(=O)O)c1C. The molecule has 0 radical (unpaired) electrons. The maximum Gasteiger partial charge on any atom is 0.339 e. The number of aromatic carboxylic acids is 1. The van der Waals surface area contributed by atoms with E-state index in [0.29, 0.717) is 16.7 Å². The van der Waals surface area contributed by atoms with Crippen molar-refractivity contribution >= 4 is 28.3 Å². The molecule has 2 heterocycles. The highest BCUT2D eigenvalue weighted by atomic mass is 32.1. The van der Waals surface area contributed by atoms with Gasteiger partial charge in [-0.3, -0.25) is 9.36 Å². The number of para-hydroxylation sites is 1. The number of nitrogens with zero attached hydrogens (tertiary/aromatic N) is 1. The normalized spacial score (nSPS) is 11.1. The van der Waals surface area contributed by atoms with Crippen LogP contribution in [0.3, 0.4) is 0 Å². The van der Waals surface area contributed by atoms with Crippen LogP contribution >= 0.6 is 11.3 Å². The van der Waals surface area contributed by atoms with Crippen molar-refractivity contribution in [2.24, 2.45) is 0 Å². The van der Waals surface area contributed by atoms with E-state index in [1.807, 2.05) is 13.8 Å². The fraction of sp³-hybridized carbons (Fsp3) is 0.200. The van der Waals surface area contributed by atoms with Gasteiger partial charge in [0.1, 0.15) is 16.9 Å². The van der Waals surface area contributed by atoms with E-state index < -0.39 is 5.97 Å². The molecule has 0 aliphatic rings. The van der Waals surface area contributed by atoms with Crippen molar-refractivity contribution in [3.8, 4) is 0 Å². The van der Waals surface area contributed by atoms with Crippen LogP contribution in [0.2, 0.25) is 0 Å². The number of carboxylic acid groups (broad SMARTS) is 1. The maximum absolute atomic E-state index is 12.0. The molecule has 0 saturated heterocycles. The molecule has 0 unspecified atom stereocenters. The van der Waals surface area contributed by atoms with Crippen molar-refractivity contribution in [3.63, 3.8) is 0 Å². The third-order valence-electron chi connectivity index (χ3n) is 3.56. The maximum atomic E-state index is 12.0. The number of thiazole rings is 1. The van der Waals surface area contributed by atoms with Gasteiger partial charge < -0.3 is 9.52 Å². The summed E-state index contributed by atoms with van der Waals surface area (Å²) in [4.78, 5) is 24.3. The third-order valence-corrected chi connectivity index (χ3v) is 4.56. The van der Waals surface area contributed by atoms with Gasteiger partial charge in [0.25, 0.3) is 0 Å². The molecule has 1 N–H and O–H groups in total. The van der Waals surface area contributed by atoms with Crippen molar-refractivity contribution in [2.75, 3.05) is 0 Å². The van der Waals surface area contributed by atoms with Crippen molar-refractivity contribution in [1.82, 2.24) is 4.57 Å². The quantitative estimate of drug-likeness (QED) is 0.807. The summed E-state index contributed by atoms with van der Waals surface area (Å²) in [7, 11) is 0. The van der Waals surface area contributed by atoms with E-state index in [4.69, 9.17) is 4.42 Å². The lowest BCUT2D eigenvalue weighted by Gasteiger charge is -2.03. The van der Waals surface area contributed by atoms with Gasteiger partial charge in [-0.15, -0.1) is 0 Å². The van der Waals surface area contributed by atoms with Gasteiger partial charge in [0, 0.05) is 16.0 Å². The molecule has 0 aliphatic heterocycles. The second-order valence-corrected chi connectivity index (χ2v) is 5.96. The van der Waals surface area contributed by atoms with E-state index in [2.05, 4.69) is 0 Å². The van der Waals surface area contributed by atoms with E-state index in [9.17, 15) is 14.7 Å². The number of furan rings is 1. The molecular formula is C15H13NO4S. The first-order valence-electron chi connectivity index (χ1n) is 6.39. The van der Waals surface area contributed by atoms with Gasteiger partial charge >= 0.3 is 10.8 Å². The number of hydrogen-bond donors (Lipinski definition) is 1. The fourth-order valence-corrected chi connectivity index (χ4v) is 3.19. The number of carboxylic acids is 1. The first kappa shape index (κ1) is 13.6. The molecule has 3 rings (SSSR count). The van der Waals surface area contributed by atoms with E-state index in [1.165, 1.54) is 0 Å². The van der Waals surface area contributed by atoms with Crippen LogP contribution in [-0.4, -0.2) is 15.6 Å². The molecule has 0 saturated carbocycles. The highest BCUT2D eigenvalue weighted by Gasteiger charge is 2.21.